The molecule has 1 aliphatic rings. The molecule has 0 spiro atoms. The molecule has 196 valence electrons. The van der Waals surface area contributed by atoms with Crippen LogP contribution < -0.4 is 0 Å². The minimum absolute atomic E-state index is 0.000144. The van der Waals surface area contributed by atoms with Gasteiger partial charge >= 0.3 is 6.18 Å². The topological polar surface area (TPSA) is 42.4 Å². The number of rotatable bonds is 5. The summed E-state index contributed by atoms with van der Waals surface area (Å²) < 4.78 is 47.6. The molecule has 1 N–H and O–H groups in total. The zero-order valence-corrected chi connectivity index (χ0v) is 26.0. The van der Waals surface area contributed by atoms with E-state index in [1.807, 2.05) is 13.8 Å². The molecule has 1 unspecified atom stereocenters. The number of nitrogens with zero attached hydrogens (tertiary/aromatic N) is 1. The first kappa shape index (κ1) is 29.1. The molecule has 2 aromatic heterocycles. The lowest BCUT2D eigenvalue weighted by Crippen LogP contribution is -2.44. The lowest BCUT2D eigenvalue weighted by Gasteiger charge is -2.44. The Kier molecular flexibility index (Phi) is 8.03. The van der Waals surface area contributed by atoms with E-state index in [9.17, 15) is 18.3 Å². The fourth-order valence-electron chi connectivity index (χ4n) is 4.37. The highest BCUT2D eigenvalue weighted by Crippen LogP contribution is 2.50. The van der Waals surface area contributed by atoms with Crippen molar-refractivity contribution < 1.29 is 22.7 Å². The number of pyridine rings is 1. The van der Waals surface area contributed by atoms with E-state index in [0.717, 1.165) is 39.4 Å². The van der Waals surface area contributed by atoms with Gasteiger partial charge < -0.3 is 9.53 Å². The van der Waals surface area contributed by atoms with Gasteiger partial charge in [0.05, 0.1) is 11.8 Å². The maximum atomic E-state index is 13.3. The van der Waals surface area contributed by atoms with Crippen LogP contribution in [0.2, 0.25) is 18.1 Å². The first-order valence-corrected chi connectivity index (χ1v) is 16.8. The fraction of sp³-hybridized carbons (Fsp3) is 0.654. The molecule has 0 bridgehead atoms. The van der Waals surface area contributed by atoms with Crippen LogP contribution >= 0.6 is 33.9 Å². The van der Waals surface area contributed by atoms with Gasteiger partial charge in [0.1, 0.15) is 11.0 Å². The molecule has 0 radical (unpaired) electrons. The second-order valence-corrected chi connectivity index (χ2v) is 19.2. The minimum atomic E-state index is -4.43. The Balaban J connectivity index is 2.20. The number of aliphatic hydroxyl groups excluding tert-OH is 1. The molecular formula is C26H37F3INO2SSi. The van der Waals surface area contributed by atoms with Gasteiger partial charge in [-0.15, -0.1) is 11.3 Å². The van der Waals surface area contributed by atoms with E-state index in [4.69, 9.17) is 9.41 Å². The molecule has 0 saturated carbocycles. The summed E-state index contributed by atoms with van der Waals surface area (Å²) >= 11 is 2.86. The first-order valence-electron chi connectivity index (χ1n) is 12.0. The molecule has 3 nitrogen and oxygen atoms in total. The van der Waals surface area contributed by atoms with Gasteiger partial charge in [0.25, 0.3) is 0 Å². The normalized spacial score (nSPS) is 19.7. The molecule has 0 amide bonds. The third-order valence-electron chi connectivity index (χ3n) is 7.26. The Hall–Kier alpha value is -0.493. The van der Waals surface area contributed by atoms with Crippen molar-refractivity contribution in [1.29, 1.82) is 0 Å². The maximum absolute atomic E-state index is 13.3. The second-order valence-electron chi connectivity index (χ2n) is 12.3. The smallest absolute Gasteiger partial charge is 0.410 e. The largest absolute Gasteiger partial charge is 0.425 e. The Bertz CT molecular complexity index is 1090. The van der Waals surface area contributed by atoms with Gasteiger partial charge in [-0.2, -0.15) is 13.2 Å². The van der Waals surface area contributed by atoms with Crippen molar-refractivity contribution in [3.05, 3.63) is 48.0 Å². The second kappa shape index (κ2) is 9.67. The summed E-state index contributed by atoms with van der Waals surface area (Å²) in [6.07, 6.45) is -4.16. The van der Waals surface area contributed by atoms with Gasteiger partial charge in [-0.3, -0.25) is 4.98 Å². The molecule has 1 aliphatic carbocycles. The van der Waals surface area contributed by atoms with Crippen molar-refractivity contribution >= 4 is 42.2 Å². The molecule has 3 rings (SSSR count). The van der Waals surface area contributed by atoms with Crippen LogP contribution in [0, 0.1) is 8.99 Å². The molecule has 0 fully saturated rings. The molecule has 0 aliphatic heterocycles. The van der Waals surface area contributed by atoms with Crippen molar-refractivity contribution in [2.45, 2.75) is 104 Å². The van der Waals surface area contributed by atoms with Crippen LogP contribution in [-0.4, -0.2) is 18.4 Å². The first-order chi connectivity index (χ1) is 15.7. The van der Waals surface area contributed by atoms with Crippen molar-refractivity contribution in [3.8, 4) is 0 Å². The number of hydrogen-bond donors (Lipinski definition) is 1. The van der Waals surface area contributed by atoms with Crippen LogP contribution in [0.5, 0.6) is 0 Å². The Morgan fingerprint density at radius 2 is 1.80 bits per heavy atom. The highest BCUT2D eigenvalue weighted by atomic mass is 127. The van der Waals surface area contributed by atoms with Crippen LogP contribution in [-0.2, 0) is 17.0 Å². The fourth-order valence-corrected chi connectivity index (χ4v) is 7.74. The Labute approximate surface area is 226 Å². The minimum Gasteiger partial charge on any atom is -0.410 e. The van der Waals surface area contributed by atoms with Crippen LogP contribution in [0.3, 0.4) is 0 Å². The van der Waals surface area contributed by atoms with E-state index >= 15 is 0 Å². The summed E-state index contributed by atoms with van der Waals surface area (Å²) in [7, 11) is -2.12. The van der Waals surface area contributed by atoms with Crippen molar-refractivity contribution in [1.82, 2.24) is 4.98 Å². The molecule has 2 atom stereocenters. The number of alkyl halides is 3. The monoisotopic (exact) mass is 639 g/mol. The summed E-state index contributed by atoms with van der Waals surface area (Å²) in [5, 5.41) is 11.4. The van der Waals surface area contributed by atoms with Crippen molar-refractivity contribution in [2.75, 3.05) is 0 Å². The lowest BCUT2D eigenvalue weighted by atomic mass is 9.74. The summed E-state index contributed by atoms with van der Waals surface area (Å²) in [6, 6.07) is 2.42. The number of halogens is 4. The molecular weight excluding hydrogens is 602 g/mol. The maximum Gasteiger partial charge on any atom is 0.425 e. The van der Waals surface area contributed by atoms with Crippen molar-refractivity contribution in [3.63, 3.8) is 0 Å². The molecule has 2 heterocycles. The van der Waals surface area contributed by atoms with Gasteiger partial charge in [-0.1, -0.05) is 48.5 Å². The summed E-state index contributed by atoms with van der Waals surface area (Å²) in [5.41, 5.74) is 3.33. The molecule has 0 aromatic carbocycles. The van der Waals surface area contributed by atoms with E-state index in [2.05, 4.69) is 70.3 Å². The van der Waals surface area contributed by atoms with Gasteiger partial charge in [0.15, 0.2) is 8.32 Å². The van der Waals surface area contributed by atoms with E-state index in [1.165, 1.54) is 6.07 Å². The zero-order valence-electron chi connectivity index (χ0n) is 22.0. The zero-order chi connectivity index (χ0) is 26.7. The predicted molar refractivity (Wildman–Crippen MR) is 148 cm³/mol. The van der Waals surface area contributed by atoms with Crippen LogP contribution in [0.15, 0.2) is 12.1 Å². The Morgan fingerprint density at radius 1 is 1.20 bits per heavy atom. The average Bonchev–Trinajstić information content (AvgIpc) is 3.15. The predicted octanol–water partition coefficient (Wildman–Crippen LogP) is 9.01. The van der Waals surface area contributed by atoms with Crippen LogP contribution in [0.4, 0.5) is 13.2 Å². The number of aliphatic hydroxyl groups is 1. The summed E-state index contributed by atoms with van der Waals surface area (Å²) in [5.74, 6) is 0.00492. The summed E-state index contributed by atoms with van der Waals surface area (Å²) in [4.78, 5) is 4.63. The third-order valence-corrected chi connectivity index (χ3v) is 14.1. The number of hydrogen-bond acceptors (Lipinski definition) is 4. The van der Waals surface area contributed by atoms with Crippen LogP contribution in [0.25, 0.3) is 0 Å². The van der Waals surface area contributed by atoms with Gasteiger partial charge in [-0.05, 0) is 77.0 Å². The van der Waals surface area contributed by atoms with E-state index in [1.54, 1.807) is 0 Å². The van der Waals surface area contributed by atoms with E-state index in [0.29, 0.717) is 16.9 Å². The van der Waals surface area contributed by atoms with E-state index in [-0.39, 0.29) is 27.4 Å². The van der Waals surface area contributed by atoms with Gasteiger partial charge in [0, 0.05) is 25.3 Å². The van der Waals surface area contributed by atoms with Gasteiger partial charge in [0.2, 0.25) is 0 Å². The highest BCUT2D eigenvalue weighted by Gasteiger charge is 2.44. The third kappa shape index (κ3) is 5.99. The Morgan fingerprint density at radius 3 is 2.29 bits per heavy atom. The van der Waals surface area contributed by atoms with Crippen molar-refractivity contribution in [2.24, 2.45) is 5.41 Å². The van der Waals surface area contributed by atoms with Crippen LogP contribution in [0.1, 0.15) is 105 Å². The summed E-state index contributed by atoms with van der Waals surface area (Å²) in [6.45, 7) is 19.6. The number of fused-ring (bicyclic) bond motifs is 1. The van der Waals surface area contributed by atoms with E-state index < -0.39 is 25.5 Å². The molecule has 35 heavy (non-hydrogen) atoms. The average molecular weight is 640 g/mol. The lowest BCUT2D eigenvalue weighted by molar-refractivity contribution is -0.134. The SMILES string of the molecule is CC(C)c1nc2c(c(I)c1[C@H](O)c1ccc(C(F)(F)F)s1)C(O[Si](C)(C)C(C)(C)C)CC(C)(C)C2. The molecule has 9 heteroatoms. The standard InChI is InChI=1S/C26H37F3INO2SSi/c1-14(2)22-20(23(32)17-10-11-18(34-17)26(27,28)29)21(30)19-15(31-22)12-25(6,7)13-16(19)33-35(8,9)24(3,4)5/h10-11,14,16,23,32H,12-13H2,1-9H3/t16?,23-/m1/s1. The number of aromatic nitrogens is 1. The molecule has 0 saturated heterocycles. The number of thiophene rings is 1. The van der Waals surface area contributed by atoms with Gasteiger partial charge in [-0.25, -0.2) is 0 Å². The quantitative estimate of drug-likeness (QED) is 0.262. The molecule has 2 aromatic rings. The highest BCUT2D eigenvalue weighted by molar-refractivity contribution is 14.1.